The number of para-hydroxylation sites is 1. The maximum absolute atomic E-state index is 12.7. The Bertz CT molecular complexity index is 1070. The van der Waals surface area contributed by atoms with Gasteiger partial charge in [0.25, 0.3) is 5.56 Å². The standard InChI is InChI=1S/C20H19N3O2/c1-12-8-9-17-14(10-12)15(20(25)22(17)2)11-18-21-16-7-5-4-6-13(16)19(24)23(18)3/h4-10,15H,11H2,1-3H3/t15-/m1/s1. The molecule has 0 radical (unpaired) electrons. The molecular formula is C20H19N3O2. The number of hydrogen-bond donors (Lipinski definition) is 0. The number of anilines is 1. The van der Waals surface area contributed by atoms with Crippen LogP contribution in [0.1, 0.15) is 22.9 Å². The highest BCUT2D eigenvalue weighted by molar-refractivity contribution is 6.04. The van der Waals surface area contributed by atoms with E-state index in [1.807, 2.05) is 37.3 Å². The van der Waals surface area contributed by atoms with E-state index in [1.165, 1.54) is 0 Å². The summed E-state index contributed by atoms with van der Waals surface area (Å²) in [6.45, 7) is 2.02. The van der Waals surface area contributed by atoms with Gasteiger partial charge in [0.1, 0.15) is 5.82 Å². The zero-order valence-electron chi connectivity index (χ0n) is 14.5. The molecule has 25 heavy (non-hydrogen) atoms. The fraction of sp³-hybridized carbons (Fsp3) is 0.250. The van der Waals surface area contributed by atoms with Crippen LogP contribution < -0.4 is 10.5 Å². The number of rotatable bonds is 2. The van der Waals surface area contributed by atoms with Crippen molar-refractivity contribution in [3.63, 3.8) is 0 Å². The first-order valence-electron chi connectivity index (χ1n) is 8.30. The molecule has 5 nitrogen and oxygen atoms in total. The van der Waals surface area contributed by atoms with E-state index in [0.717, 1.165) is 16.8 Å². The molecule has 2 aromatic carbocycles. The van der Waals surface area contributed by atoms with Gasteiger partial charge in [0.05, 0.1) is 16.8 Å². The average molecular weight is 333 g/mol. The number of aryl methyl sites for hydroxylation is 1. The number of aromatic nitrogens is 2. The molecule has 0 saturated carbocycles. The van der Waals surface area contributed by atoms with E-state index in [0.29, 0.717) is 23.1 Å². The highest BCUT2D eigenvalue weighted by atomic mass is 16.2. The second-order valence-corrected chi connectivity index (χ2v) is 6.63. The summed E-state index contributed by atoms with van der Waals surface area (Å²) in [5, 5.41) is 0.597. The predicted octanol–water partition coefficient (Wildman–Crippen LogP) is 2.54. The van der Waals surface area contributed by atoms with Crippen LogP contribution in [-0.4, -0.2) is 22.5 Å². The maximum Gasteiger partial charge on any atom is 0.261 e. The summed E-state index contributed by atoms with van der Waals surface area (Å²) < 4.78 is 1.56. The van der Waals surface area contributed by atoms with Crippen molar-refractivity contribution in [2.75, 3.05) is 11.9 Å². The SMILES string of the molecule is Cc1ccc2c(c1)[C@@H](Cc1nc3ccccc3c(=O)n1C)C(=O)N2C. The lowest BCUT2D eigenvalue weighted by Crippen LogP contribution is -2.28. The van der Waals surface area contributed by atoms with E-state index >= 15 is 0 Å². The summed E-state index contributed by atoms with van der Waals surface area (Å²) in [6.07, 6.45) is 0.413. The van der Waals surface area contributed by atoms with E-state index in [4.69, 9.17) is 0 Å². The Kier molecular flexibility index (Phi) is 3.46. The van der Waals surface area contributed by atoms with Gasteiger partial charge in [-0.2, -0.15) is 0 Å². The van der Waals surface area contributed by atoms with Crippen LogP contribution in [0.5, 0.6) is 0 Å². The van der Waals surface area contributed by atoms with Gasteiger partial charge >= 0.3 is 0 Å². The molecule has 1 aliphatic rings. The van der Waals surface area contributed by atoms with Crippen molar-refractivity contribution < 1.29 is 4.79 Å². The molecule has 5 heteroatoms. The minimum absolute atomic E-state index is 0.0445. The molecule has 1 amide bonds. The molecular weight excluding hydrogens is 314 g/mol. The number of nitrogens with zero attached hydrogens (tertiary/aromatic N) is 3. The summed E-state index contributed by atoms with van der Waals surface area (Å²) in [6, 6.07) is 13.4. The molecule has 1 atom stereocenters. The van der Waals surface area contributed by atoms with Crippen molar-refractivity contribution in [1.29, 1.82) is 0 Å². The van der Waals surface area contributed by atoms with E-state index in [9.17, 15) is 9.59 Å². The predicted molar refractivity (Wildman–Crippen MR) is 98.0 cm³/mol. The summed E-state index contributed by atoms with van der Waals surface area (Å²) in [5.74, 6) is 0.368. The highest BCUT2D eigenvalue weighted by Gasteiger charge is 2.36. The monoisotopic (exact) mass is 333 g/mol. The van der Waals surface area contributed by atoms with Crippen LogP contribution in [0.3, 0.4) is 0 Å². The fourth-order valence-electron chi connectivity index (χ4n) is 3.57. The number of benzene rings is 2. The fourth-order valence-corrected chi connectivity index (χ4v) is 3.57. The maximum atomic E-state index is 12.7. The van der Waals surface area contributed by atoms with Gasteiger partial charge in [0.2, 0.25) is 5.91 Å². The number of fused-ring (bicyclic) bond motifs is 2. The minimum Gasteiger partial charge on any atom is -0.315 e. The van der Waals surface area contributed by atoms with Crippen LogP contribution in [0, 0.1) is 6.92 Å². The highest BCUT2D eigenvalue weighted by Crippen LogP contribution is 2.38. The van der Waals surface area contributed by atoms with Crippen LogP contribution in [-0.2, 0) is 18.3 Å². The lowest BCUT2D eigenvalue weighted by Gasteiger charge is -2.14. The van der Waals surface area contributed by atoms with Crippen LogP contribution in [0.4, 0.5) is 5.69 Å². The van der Waals surface area contributed by atoms with E-state index in [2.05, 4.69) is 11.1 Å². The third-order valence-corrected chi connectivity index (χ3v) is 5.01. The molecule has 0 unspecified atom stereocenters. The molecule has 0 saturated heterocycles. The Morgan fingerprint density at radius 3 is 2.64 bits per heavy atom. The molecule has 0 fully saturated rings. The third kappa shape index (κ3) is 2.35. The van der Waals surface area contributed by atoms with E-state index in [-0.39, 0.29) is 17.4 Å². The lowest BCUT2D eigenvalue weighted by atomic mass is 9.95. The summed E-state index contributed by atoms with van der Waals surface area (Å²) in [5.41, 5.74) is 3.65. The van der Waals surface area contributed by atoms with Gasteiger partial charge in [0, 0.05) is 26.2 Å². The van der Waals surface area contributed by atoms with Crippen LogP contribution in [0.2, 0.25) is 0 Å². The van der Waals surface area contributed by atoms with Gasteiger partial charge in [-0.15, -0.1) is 0 Å². The van der Waals surface area contributed by atoms with Gasteiger partial charge in [-0.05, 0) is 30.7 Å². The van der Waals surface area contributed by atoms with Gasteiger partial charge in [-0.1, -0.05) is 29.8 Å². The van der Waals surface area contributed by atoms with Crippen molar-refractivity contribution in [2.24, 2.45) is 7.05 Å². The summed E-state index contributed by atoms with van der Waals surface area (Å²) >= 11 is 0. The quantitative estimate of drug-likeness (QED) is 0.724. The minimum atomic E-state index is -0.306. The zero-order valence-corrected chi connectivity index (χ0v) is 14.5. The largest absolute Gasteiger partial charge is 0.315 e. The van der Waals surface area contributed by atoms with Gasteiger partial charge in [0.15, 0.2) is 0 Å². The first-order chi connectivity index (χ1) is 12.0. The normalized spacial score (nSPS) is 16.5. The van der Waals surface area contributed by atoms with Crippen LogP contribution in [0.25, 0.3) is 10.9 Å². The lowest BCUT2D eigenvalue weighted by molar-refractivity contribution is -0.119. The van der Waals surface area contributed by atoms with Crippen LogP contribution in [0.15, 0.2) is 47.3 Å². The Morgan fingerprint density at radius 1 is 1.08 bits per heavy atom. The number of carbonyl (C=O) groups is 1. The first kappa shape index (κ1) is 15.6. The topological polar surface area (TPSA) is 55.2 Å². The van der Waals surface area contributed by atoms with Gasteiger partial charge < -0.3 is 4.90 Å². The van der Waals surface area contributed by atoms with Crippen molar-refractivity contribution in [2.45, 2.75) is 19.3 Å². The first-order valence-corrected chi connectivity index (χ1v) is 8.30. The van der Waals surface area contributed by atoms with Crippen molar-refractivity contribution in [3.8, 4) is 0 Å². The average Bonchev–Trinajstić information content (AvgIpc) is 2.84. The molecule has 4 rings (SSSR count). The van der Waals surface area contributed by atoms with E-state index in [1.54, 1.807) is 29.6 Å². The Balaban J connectivity index is 1.83. The van der Waals surface area contributed by atoms with Gasteiger partial charge in [-0.3, -0.25) is 14.2 Å². The van der Waals surface area contributed by atoms with Crippen molar-refractivity contribution >= 4 is 22.5 Å². The van der Waals surface area contributed by atoms with Crippen molar-refractivity contribution in [3.05, 3.63) is 69.8 Å². The summed E-state index contributed by atoms with van der Waals surface area (Å²) in [4.78, 5) is 31.7. The molecule has 1 aromatic heterocycles. The number of hydrogen-bond acceptors (Lipinski definition) is 3. The molecule has 0 aliphatic carbocycles. The Hall–Kier alpha value is -2.95. The Morgan fingerprint density at radius 2 is 1.84 bits per heavy atom. The van der Waals surface area contributed by atoms with Crippen molar-refractivity contribution in [1.82, 2.24) is 9.55 Å². The molecule has 0 N–H and O–H groups in total. The van der Waals surface area contributed by atoms with E-state index < -0.39 is 0 Å². The summed E-state index contributed by atoms with van der Waals surface area (Å²) in [7, 11) is 3.51. The zero-order chi connectivity index (χ0) is 17.7. The third-order valence-electron chi connectivity index (χ3n) is 5.01. The molecule has 126 valence electrons. The van der Waals surface area contributed by atoms with Crippen LogP contribution >= 0.6 is 0 Å². The second kappa shape index (κ2) is 5.55. The number of likely N-dealkylation sites (N-methyl/N-ethyl adjacent to an activating group) is 1. The molecule has 3 aromatic rings. The smallest absolute Gasteiger partial charge is 0.261 e. The second-order valence-electron chi connectivity index (χ2n) is 6.63. The number of amides is 1. The molecule has 0 bridgehead atoms. The molecule has 0 spiro atoms. The Labute approximate surface area is 145 Å². The molecule has 2 heterocycles. The molecule has 1 aliphatic heterocycles. The van der Waals surface area contributed by atoms with Gasteiger partial charge in [-0.25, -0.2) is 4.98 Å². The number of carbonyl (C=O) groups excluding carboxylic acids is 1.